The summed E-state index contributed by atoms with van der Waals surface area (Å²) in [5.41, 5.74) is 0. The average Bonchev–Trinajstić information content (AvgIpc) is 2.26. The maximum Gasteiger partial charge on any atom is 0.326 e. The predicted octanol–water partition coefficient (Wildman–Crippen LogP) is -1.29. The van der Waals surface area contributed by atoms with Gasteiger partial charge in [-0.2, -0.15) is 0 Å². The molecule has 1 unspecified atom stereocenters. The third kappa shape index (κ3) is 3.95. The Morgan fingerprint density at radius 1 is 1.50 bits per heavy atom. The molecule has 0 aromatic carbocycles. The zero-order valence-electron chi connectivity index (χ0n) is 8.72. The molecule has 1 radical (unpaired) electrons. The molecule has 1 atom stereocenters. The highest BCUT2D eigenvalue weighted by Gasteiger charge is 2.26. The highest BCUT2D eigenvalue weighted by Crippen LogP contribution is 1.96. The summed E-state index contributed by atoms with van der Waals surface area (Å²) in [4.78, 5) is 43.1. The van der Waals surface area contributed by atoms with Crippen LogP contribution in [0.5, 0.6) is 0 Å². The van der Waals surface area contributed by atoms with Gasteiger partial charge in [-0.05, 0) is 6.92 Å². The summed E-state index contributed by atoms with van der Waals surface area (Å²) in [7, 11) is 1.12. The number of urea groups is 1. The predicted molar refractivity (Wildman–Crippen MR) is 50.0 cm³/mol. The van der Waals surface area contributed by atoms with E-state index in [9.17, 15) is 19.2 Å². The number of aliphatic carboxylic acids is 1. The van der Waals surface area contributed by atoms with Crippen LogP contribution >= 0.6 is 0 Å². The van der Waals surface area contributed by atoms with Gasteiger partial charge in [-0.1, -0.05) is 0 Å². The molecule has 0 aromatic heterocycles. The van der Waals surface area contributed by atoms with E-state index in [4.69, 9.17) is 5.11 Å². The lowest BCUT2D eigenvalue weighted by Gasteiger charge is -2.18. The van der Waals surface area contributed by atoms with Crippen LogP contribution in [0.4, 0.5) is 4.79 Å². The molecule has 16 heavy (non-hydrogen) atoms. The normalized spacial score (nSPS) is 11.1. The monoisotopic (exact) mass is 231 g/mol. The summed E-state index contributed by atoms with van der Waals surface area (Å²) >= 11 is 0. The summed E-state index contributed by atoms with van der Waals surface area (Å²) < 4.78 is 4.23. The van der Waals surface area contributed by atoms with Crippen LogP contribution in [0, 0.1) is 0 Å². The molecule has 8 heteroatoms. The number of carboxylic acid groups (broad SMARTS) is 1. The largest absolute Gasteiger partial charge is 0.480 e. The van der Waals surface area contributed by atoms with Crippen LogP contribution in [-0.4, -0.2) is 54.1 Å². The van der Waals surface area contributed by atoms with Gasteiger partial charge in [-0.3, -0.25) is 9.59 Å². The van der Waals surface area contributed by atoms with Gasteiger partial charge in [0.15, 0.2) is 0 Å². The summed E-state index contributed by atoms with van der Waals surface area (Å²) in [5.74, 6) is -2.08. The number of esters is 1. The quantitative estimate of drug-likeness (QED) is 0.449. The molecule has 0 aromatic rings. The van der Waals surface area contributed by atoms with Crippen LogP contribution in [-0.2, 0) is 19.1 Å². The van der Waals surface area contributed by atoms with Crippen LogP contribution in [0.1, 0.15) is 6.92 Å². The average molecular weight is 231 g/mol. The zero-order chi connectivity index (χ0) is 12.7. The number of carbonyl (C=O) groups is 3. The van der Waals surface area contributed by atoms with Gasteiger partial charge in [0, 0.05) is 0 Å². The van der Waals surface area contributed by atoms with E-state index in [1.807, 2.05) is 5.32 Å². The first-order valence-electron chi connectivity index (χ1n) is 4.18. The molecule has 2 N–H and O–H groups in total. The molecule has 0 heterocycles. The number of rotatable bonds is 5. The van der Waals surface area contributed by atoms with Crippen molar-refractivity contribution >= 4 is 24.4 Å². The molecule has 3 amide bonds. The van der Waals surface area contributed by atoms with Crippen molar-refractivity contribution in [2.24, 2.45) is 0 Å². The van der Waals surface area contributed by atoms with Gasteiger partial charge in [0.1, 0.15) is 12.6 Å². The second-order valence-corrected chi connectivity index (χ2v) is 2.71. The van der Waals surface area contributed by atoms with Crippen molar-refractivity contribution in [1.29, 1.82) is 0 Å². The third-order valence-electron chi connectivity index (χ3n) is 1.67. The number of nitrogens with zero attached hydrogens (tertiary/aromatic N) is 1. The molecule has 8 nitrogen and oxygen atoms in total. The fourth-order valence-electron chi connectivity index (χ4n) is 0.712. The third-order valence-corrected chi connectivity index (χ3v) is 1.67. The number of hydrogen-bond acceptors (Lipinski definition) is 5. The van der Waals surface area contributed by atoms with Crippen molar-refractivity contribution in [2.75, 3.05) is 13.7 Å². The topological polar surface area (TPSA) is 113 Å². The minimum absolute atomic E-state index is 0.297. The minimum Gasteiger partial charge on any atom is -0.480 e. The first kappa shape index (κ1) is 13.9. The molecular formula is C8H11N2O6. The lowest BCUT2D eigenvalue weighted by Crippen LogP contribution is -2.48. The van der Waals surface area contributed by atoms with Gasteiger partial charge in [-0.25, -0.2) is 14.5 Å². The molecule has 0 aliphatic heterocycles. The Labute approximate surface area is 91.2 Å². The molecule has 0 aliphatic carbocycles. The van der Waals surface area contributed by atoms with Gasteiger partial charge < -0.3 is 15.2 Å². The summed E-state index contributed by atoms with van der Waals surface area (Å²) in [6, 6.07) is -2.40. The Kier molecular flexibility index (Phi) is 5.53. The van der Waals surface area contributed by atoms with Crippen LogP contribution < -0.4 is 5.32 Å². The second-order valence-electron chi connectivity index (χ2n) is 2.71. The first-order valence-corrected chi connectivity index (χ1v) is 4.18. The molecule has 0 rings (SSSR count). The SMILES string of the molecule is COC(=O)CNC(=O)N([C]=O)C(C)C(=O)O. The van der Waals surface area contributed by atoms with E-state index in [1.54, 1.807) is 0 Å². The number of nitrogens with one attached hydrogen (secondary N) is 1. The van der Waals surface area contributed by atoms with Crippen LogP contribution in [0.2, 0.25) is 0 Å². The van der Waals surface area contributed by atoms with E-state index in [0.29, 0.717) is 4.90 Å². The maximum atomic E-state index is 11.2. The molecule has 0 spiro atoms. The van der Waals surface area contributed by atoms with Crippen molar-refractivity contribution in [1.82, 2.24) is 10.2 Å². The first-order chi connectivity index (χ1) is 7.43. The highest BCUT2D eigenvalue weighted by molar-refractivity contribution is 5.92. The van der Waals surface area contributed by atoms with Crippen LogP contribution in [0.25, 0.3) is 0 Å². The number of ether oxygens (including phenoxy) is 1. The lowest BCUT2D eigenvalue weighted by molar-refractivity contribution is -0.140. The highest BCUT2D eigenvalue weighted by atomic mass is 16.5. The number of amides is 3. The summed E-state index contributed by atoms with van der Waals surface area (Å²) in [6.07, 6.45) is 1.16. The zero-order valence-corrected chi connectivity index (χ0v) is 8.72. The number of methoxy groups -OCH3 is 1. The number of carboxylic acids is 1. The van der Waals surface area contributed by atoms with Gasteiger partial charge >= 0.3 is 24.4 Å². The van der Waals surface area contributed by atoms with E-state index in [2.05, 4.69) is 4.74 Å². The molecule has 0 fully saturated rings. The molecule has 0 saturated heterocycles. The minimum atomic E-state index is -1.37. The Morgan fingerprint density at radius 2 is 2.06 bits per heavy atom. The van der Waals surface area contributed by atoms with Crippen molar-refractivity contribution in [3.05, 3.63) is 0 Å². The Balaban J connectivity index is 4.37. The van der Waals surface area contributed by atoms with Crippen molar-refractivity contribution in [2.45, 2.75) is 13.0 Å². The van der Waals surface area contributed by atoms with E-state index in [1.165, 1.54) is 0 Å². The second kappa shape index (κ2) is 6.38. The molecular weight excluding hydrogens is 220 g/mol. The lowest BCUT2D eigenvalue weighted by atomic mass is 10.3. The Morgan fingerprint density at radius 3 is 2.44 bits per heavy atom. The molecule has 0 aliphatic rings. The summed E-state index contributed by atoms with van der Waals surface area (Å²) in [5, 5.41) is 10.6. The van der Waals surface area contributed by atoms with E-state index >= 15 is 0 Å². The summed E-state index contributed by atoms with van der Waals surface area (Å²) in [6.45, 7) is 0.671. The van der Waals surface area contributed by atoms with E-state index in [-0.39, 0.29) is 0 Å². The number of carbonyl (C=O) groups excluding carboxylic acids is 3. The standard InChI is InChI=1S/C8H11N2O6/c1-5(7(13)14)10(4-11)8(15)9-3-6(12)16-2/h5H,3H2,1-2H3,(H,9,15)(H,13,14). The van der Waals surface area contributed by atoms with Gasteiger partial charge in [0.25, 0.3) is 0 Å². The Bertz CT molecular complexity index is 303. The van der Waals surface area contributed by atoms with E-state index in [0.717, 1.165) is 20.4 Å². The molecule has 89 valence electrons. The fraction of sp³-hybridized carbons (Fsp3) is 0.500. The van der Waals surface area contributed by atoms with Crippen LogP contribution in [0.15, 0.2) is 0 Å². The maximum absolute atomic E-state index is 11.2. The van der Waals surface area contributed by atoms with Gasteiger partial charge in [-0.15, -0.1) is 0 Å². The number of imide groups is 1. The van der Waals surface area contributed by atoms with Crippen LogP contribution in [0.3, 0.4) is 0 Å². The van der Waals surface area contributed by atoms with Crippen molar-refractivity contribution < 1.29 is 29.0 Å². The number of hydrogen-bond donors (Lipinski definition) is 2. The van der Waals surface area contributed by atoms with E-state index < -0.39 is 30.6 Å². The molecule has 0 saturated carbocycles. The fourth-order valence-corrected chi connectivity index (χ4v) is 0.712. The van der Waals surface area contributed by atoms with Gasteiger partial charge in [0.05, 0.1) is 7.11 Å². The smallest absolute Gasteiger partial charge is 0.326 e. The Hall–Kier alpha value is -2.12. The van der Waals surface area contributed by atoms with Crippen molar-refractivity contribution in [3.63, 3.8) is 0 Å². The van der Waals surface area contributed by atoms with Crippen molar-refractivity contribution in [3.8, 4) is 0 Å². The molecule has 0 bridgehead atoms. The van der Waals surface area contributed by atoms with Gasteiger partial charge in [0.2, 0.25) is 0 Å².